The van der Waals surface area contributed by atoms with E-state index in [1.165, 1.54) is 0 Å². The van der Waals surface area contributed by atoms with Gasteiger partial charge in [0, 0.05) is 11.1 Å². The maximum atomic E-state index is 11.8. The lowest BCUT2D eigenvalue weighted by Gasteiger charge is -2.07. The Labute approximate surface area is 116 Å². The molecule has 0 saturated heterocycles. The van der Waals surface area contributed by atoms with Crippen molar-refractivity contribution >= 4 is 11.9 Å². The van der Waals surface area contributed by atoms with Crippen LogP contribution < -0.4 is 0 Å². The zero-order valence-electron chi connectivity index (χ0n) is 12.6. The van der Waals surface area contributed by atoms with Crippen LogP contribution in [-0.2, 0) is 14.3 Å². The molecule has 0 aromatic carbocycles. The Bertz CT molecular complexity index is 317. The highest BCUT2D eigenvalue weighted by Gasteiger charge is 2.16. The average molecular weight is 266 g/mol. The van der Waals surface area contributed by atoms with Crippen LogP contribution in [0.3, 0.4) is 0 Å². The summed E-state index contributed by atoms with van der Waals surface area (Å²) in [7, 11) is 0. The smallest absolute Gasteiger partial charge is 0.341 e. The molecule has 0 amide bonds. The maximum Gasteiger partial charge on any atom is 0.341 e. The molecule has 19 heavy (non-hydrogen) atoms. The Kier molecular flexibility index (Phi) is 9.77. The molecule has 0 aliphatic heterocycles. The number of hydrogen-bond acceptors (Lipinski definition) is 3. The number of esters is 2. The summed E-state index contributed by atoms with van der Waals surface area (Å²) < 4.78 is 4.94. The highest BCUT2D eigenvalue weighted by molar-refractivity contribution is 6.01. The summed E-state index contributed by atoms with van der Waals surface area (Å²) in [6, 6.07) is 0. The molecule has 0 bridgehead atoms. The molecule has 0 unspecified atom stereocenters. The van der Waals surface area contributed by atoms with E-state index in [0.717, 1.165) is 25.7 Å². The first-order chi connectivity index (χ1) is 9.10. The van der Waals surface area contributed by atoms with Gasteiger partial charge in [-0.05, 0) is 25.7 Å². The van der Waals surface area contributed by atoms with Crippen molar-refractivity contribution in [3.05, 3.63) is 23.3 Å². The number of carbonyl (C=O) groups is 2. The third kappa shape index (κ3) is 6.94. The van der Waals surface area contributed by atoms with E-state index in [1.807, 2.05) is 39.8 Å². The molecule has 0 aliphatic rings. The van der Waals surface area contributed by atoms with E-state index in [9.17, 15) is 9.59 Å². The Morgan fingerprint density at radius 1 is 0.789 bits per heavy atom. The first-order valence-corrected chi connectivity index (χ1v) is 7.25. The van der Waals surface area contributed by atoms with Crippen molar-refractivity contribution in [2.45, 2.75) is 66.2 Å². The number of ether oxygens (including phenoxy) is 1. The van der Waals surface area contributed by atoms with Crippen molar-refractivity contribution in [3.63, 3.8) is 0 Å². The monoisotopic (exact) mass is 266 g/mol. The van der Waals surface area contributed by atoms with E-state index >= 15 is 0 Å². The Hall–Kier alpha value is -1.38. The number of allylic oxidation sites excluding steroid dienone is 2. The number of carbonyl (C=O) groups excluding carboxylic acids is 2. The van der Waals surface area contributed by atoms with Crippen molar-refractivity contribution in [1.82, 2.24) is 0 Å². The summed E-state index contributed by atoms with van der Waals surface area (Å²) >= 11 is 0. The summed E-state index contributed by atoms with van der Waals surface area (Å²) in [6.07, 6.45) is 8.51. The highest BCUT2D eigenvalue weighted by atomic mass is 16.6. The Morgan fingerprint density at radius 2 is 1.16 bits per heavy atom. The van der Waals surface area contributed by atoms with Gasteiger partial charge in [-0.1, -0.05) is 52.7 Å². The lowest BCUT2D eigenvalue weighted by atomic mass is 10.1. The van der Waals surface area contributed by atoms with Crippen LogP contribution in [0.2, 0.25) is 0 Å². The topological polar surface area (TPSA) is 43.4 Å². The van der Waals surface area contributed by atoms with Crippen LogP contribution in [0.25, 0.3) is 0 Å². The van der Waals surface area contributed by atoms with E-state index in [4.69, 9.17) is 4.74 Å². The van der Waals surface area contributed by atoms with Crippen LogP contribution in [0.1, 0.15) is 66.2 Å². The van der Waals surface area contributed by atoms with Crippen molar-refractivity contribution in [1.29, 1.82) is 0 Å². The lowest BCUT2D eigenvalue weighted by molar-refractivity contribution is -0.154. The molecule has 0 rings (SSSR count). The second-order valence-electron chi connectivity index (χ2n) is 4.42. The fourth-order valence-electron chi connectivity index (χ4n) is 1.60. The molecule has 0 aliphatic carbocycles. The summed E-state index contributed by atoms with van der Waals surface area (Å²) in [5.74, 6) is -1.01. The standard InChI is InChI=1S/C16H26O3/c1-5-9-11-13(7-3)15(17)19-16(18)14(8-4)12-10-6-2/h11-12H,5-10H2,1-4H3/b13-11-,14-12+. The molecule has 0 N–H and O–H groups in total. The largest absolute Gasteiger partial charge is 0.386 e. The van der Waals surface area contributed by atoms with Crippen molar-refractivity contribution in [2.75, 3.05) is 0 Å². The van der Waals surface area contributed by atoms with Gasteiger partial charge in [0.05, 0.1) is 0 Å². The highest BCUT2D eigenvalue weighted by Crippen LogP contribution is 2.11. The molecule has 0 aromatic rings. The minimum absolute atomic E-state index is 0.503. The zero-order valence-corrected chi connectivity index (χ0v) is 12.6. The molecule has 0 radical (unpaired) electrons. The van der Waals surface area contributed by atoms with Crippen molar-refractivity contribution in [3.8, 4) is 0 Å². The van der Waals surface area contributed by atoms with Gasteiger partial charge in [0.2, 0.25) is 0 Å². The van der Waals surface area contributed by atoms with E-state index in [-0.39, 0.29) is 0 Å². The van der Waals surface area contributed by atoms with Crippen molar-refractivity contribution < 1.29 is 14.3 Å². The molecule has 0 heterocycles. The van der Waals surface area contributed by atoms with Gasteiger partial charge in [-0.2, -0.15) is 0 Å². The van der Waals surface area contributed by atoms with Gasteiger partial charge in [0.25, 0.3) is 0 Å². The fourth-order valence-corrected chi connectivity index (χ4v) is 1.60. The fraction of sp³-hybridized carbons (Fsp3) is 0.625. The molecular weight excluding hydrogens is 240 g/mol. The van der Waals surface area contributed by atoms with Crippen LogP contribution in [-0.4, -0.2) is 11.9 Å². The SMILES string of the molecule is CCC/C=C(/CC)C(=O)OC(=O)/C(=C/CCC)CC. The first kappa shape index (κ1) is 17.6. The molecule has 0 fully saturated rings. The third-order valence-electron chi connectivity index (χ3n) is 2.83. The summed E-state index contributed by atoms with van der Waals surface area (Å²) in [4.78, 5) is 23.7. The zero-order chi connectivity index (χ0) is 14.7. The normalized spacial score (nSPS) is 12.4. The second kappa shape index (κ2) is 10.5. The van der Waals surface area contributed by atoms with Gasteiger partial charge >= 0.3 is 11.9 Å². The Balaban J connectivity index is 4.65. The van der Waals surface area contributed by atoms with Gasteiger partial charge in [-0.15, -0.1) is 0 Å². The molecule has 0 atom stereocenters. The summed E-state index contributed by atoms with van der Waals surface area (Å²) in [5, 5.41) is 0. The van der Waals surface area contributed by atoms with Crippen LogP contribution >= 0.6 is 0 Å². The predicted octanol–water partition coefficient (Wildman–Crippen LogP) is 4.33. The van der Waals surface area contributed by atoms with Crippen LogP contribution in [0.15, 0.2) is 23.3 Å². The van der Waals surface area contributed by atoms with E-state index < -0.39 is 11.9 Å². The number of hydrogen-bond donors (Lipinski definition) is 0. The third-order valence-corrected chi connectivity index (χ3v) is 2.83. The second-order valence-corrected chi connectivity index (χ2v) is 4.42. The van der Waals surface area contributed by atoms with Gasteiger partial charge in [0.15, 0.2) is 0 Å². The van der Waals surface area contributed by atoms with E-state index in [1.54, 1.807) is 0 Å². The lowest BCUT2D eigenvalue weighted by Crippen LogP contribution is -2.16. The number of unbranched alkanes of at least 4 members (excludes halogenated alkanes) is 2. The first-order valence-electron chi connectivity index (χ1n) is 7.25. The van der Waals surface area contributed by atoms with Gasteiger partial charge in [-0.25, -0.2) is 9.59 Å². The molecule has 0 saturated carbocycles. The van der Waals surface area contributed by atoms with E-state index in [0.29, 0.717) is 24.0 Å². The summed E-state index contributed by atoms with van der Waals surface area (Å²) in [6.45, 7) is 7.87. The van der Waals surface area contributed by atoms with Crippen LogP contribution in [0.5, 0.6) is 0 Å². The minimum atomic E-state index is -0.503. The summed E-state index contributed by atoms with van der Waals surface area (Å²) in [5.41, 5.74) is 1.17. The van der Waals surface area contributed by atoms with Gasteiger partial charge in [-0.3, -0.25) is 0 Å². The minimum Gasteiger partial charge on any atom is -0.386 e. The van der Waals surface area contributed by atoms with Crippen LogP contribution in [0, 0.1) is 0 Å². The molecule has 3 nitrogen and oxygen atoms in total. The maximum absolute atomic E-state index is 11.8. The number of rotatable bonds is 8. The van der Waals surface area contributed by atoms with E-state index in [2.05, 4.69) is 0 Å². The predicted molar refractivity (Wildman–Crippen MR) is 77.7 cm³/mol. The molecule has 3 heteroatoms. The van der Waals surface area contributed by atoms with Gasteiger partial charge in [0.1, 0.15) is 0 Å². The molecule has 0 spiro atoms. The molecule has 108 valence electrons. The molecular formula is C16H26O3. The van der Waals surface area contributed by atoms with Gasteiger partial charge < -0.3 is 4.74 Å². The quantitative estimate of drug-likeness (QED) is 0.373. The average Bonchev–Trinajstić information content (AvgIpc) is 2.40. The Morgan fingerprint density at radius 3 is 1.42 bits per heavy atom. The van der Waals surface area contributed by atoms with Crippen molar-refractivity contribution in [2.24, 2.45) is 0 Å². The van der Waals surface area contributed by atoms with Crippen LogP contribution in [0.4, 0.5) is 0 Å². The molecule has 0 aromatic heterocycles.